The molecule has 27 heavy (non-hydrogen) atoms. The van der Waals surface area contributed by atoms with E-state index in [1.807, 2.05) is 12.1 Å². The number of halogens is 1. The molecule has 1 aliphatic carbocycles. The Hall–Kier alpha value is -2.74. The second-order valence-corrected chi connectivity index (χ2v) is 8.15. The Kier molecular flexibility index (Phi) is 3.58. The third kappa shape index (κ3) is 2.71. The van der Waals surface area contributed by atoms with Crippen LogP contribution >= 0.6 is 11.3 Å². The second-order valence-electron chi connectivity index (χ2n) is 7.21. The average molecular weight is 384 g/mol. The van der Waals surface area contributed by atoms with Crippen molar-refractivity contribution in [2.75, 3.05) is 13.1 Å². The van der Waals surface area contributed by atoms with Crippen LogP contribution in [-0.2, 0) is 10.2 Å². The fraction of sp³-hybridized carbons (Fsp3) is 0.316. The van der Waals surface area contributed by atoms with E-state index in [2.05, 4.69) is 27.1 Å². The van der Waals surface area contributed by atoms with E-state index in [0.717, 1.165) is 30.8 Å². The largest absolute Gasteiger partial charge is 0.350 e. The van der Waals surface area contributed by atoms with Crippen molar-refractivity contribution in [2.24, 2.45) is 4.99 Å². The SMILES string of the molecule is O=C(CN1CC2(CC2)c2c(ccc3sccc23)C1=O)NC1N=CC(F)=CN1. The van der Waals surface area contributed by atoms with Gasteiger partial charge in [-0.15, -0.1) is 11.3 Å². The van der Waals surface area contributed by atoms with Crippen LogP contribution in [0.1, 0.15) is 28.8 Å². The van der Waals surface area contributed by atoms with Gasteiger partial charge in [0, 0.05) is 28.4 Å². The van der Waals surface area contributed by atoms with Crippen molar-refractivity contribution in [1.29, 1.82) is 0 Å². The fourth-order valence-corrected chi connectivity index (χ4v) is 4.80. The summed E-state index contributed by atoms with van der Waals surface area (Å²) < 4.78 is 14.1. The molecule has 2 aromatic rings. The van der Waals surface area contributed by atoms with E-state index in [0.29, 0.717) is 12.1 Å². The van der Waals surface area contributed by atoms with E-state index >= 15 is 0 Å². The maximum absolute atomic E-state index is 13.0. The van der Waals surface area contributed by atoms with Gasteiger partial charge in [-0.05, 0) is 47.4 Å². The molecule has 0 bridgehead atoms. The number of carbonyl (C=O) groups is 2. The highest BCUT2D eigenvalue weighted by molar-refractivity contribution is 7.17. The first-order valence-electron chi connectivity index (χ1n) is 8.80. The number of thiophene rings is 1. The van der Waals surface area contributed by atoms with Gasteiger partial charge in [0.05, 0.1) is 12.8 Å². The lowest BCUT2D eigenvalue weighted by molar-refractivity contribution is -0.122. The summed E-state index contributed by atoms with van der Waals surface area (Å²) in [5.41, 5.74) is 1.83. The second kappa shape index (κ2) is 5.88. The van der Waals surface area contributed by atoms with Gasteiger partial charge in [-0.3, -0.25) is 9.59 Å². The molecule has 3 aliphatic rings. The van der Waals surface area contributed by atoms with Gasteiger partial charge in [-0.1, -0.05) is 0 Å². The van der Waals surface area contributed by atoms with Crippen molar-refractivity contribution in [3.8, 4) is 0 Å². The van der Waals surface area contributed by atoms with Crippen molar-refractivity contribution in [2.45, 2.75) is 24.5 Å². The number of hydrogen-bond acceptors (Lipinski definition) is 5. The summed E-state index contributed by atoms with van der Waals surface area (Å²) >= 11 is 1.68. The number of allylic oxidation sites excluding steroid dienone is 1. The predicted molar refractivity (Wildman–Crippen MR) is 101 cm³/mol. The zero-order valence-corrected chi connectivity index (χ0v) is 15.2. The molecule has 1 atom stereocenters. The molecule has 3 heterocycles. The van der Waals surface area contributed by atoms with Crippen LogP contribution in [0.2, 0.25) is 0 Å². The first kappa shape index (κ1) is 16.4. The molecule has 1 unspecified atom stereocenters. The molecule has 5 rings (SSSR count). The number of rotatable bonds is 3. The number of hydrogen-bond donors (Lipinski definition) is 2. The Balaban J connectivity index is 1.37. The molecule has 1 fully saturated rings. The topological polar surface area (TPSA) is 73.8 Å². The quantitative estimate of drug-likeness (QED) is 0.853. The third-order valence-electron chi connectivity index (χ3n) is 5.39. The molecule has 6 nitrogen and oxygen atoms in total. The van der Waals surface area contributed by atoms with Gasteiger partial charge >= 0.3 is 0 Å². The van der Waals surface area contributed by atoms with Gasteiger partial charge in [0.1, 0.15) is 0 Å². The van der Waals surface area contributed by atoms with E-state index in [1.54, 1.807) is 16.2 Å². The molecule has 1 aromatic heterocycles. The van der Waals surface area contributed by atoms with Crippen LogP contribution in [0.15, 0.2) is 40.6 Å². The summed E-state index contributed by atoms with van der Waals surface area (Å²) in [6.07, 6.45) is 3.53. The highest BCUT2D eigenvalue weighted by Gasteiger charge is 2.52. The molecular weight excluding hydrogens is 367 g/mol. The Morgan fingerprint density at radius 1 is 1.41 bits per heavy atom. The van der Waals surface area contributed by atoms with Crippen molar-refractivity contribution in [3.63, 3.8) is 0 Å². The van der Waals surface area contributed by atoms with E-state index in [4.69, 9.17) is 0 Å². The van der Waals surface area contributed by atoms with Crippen LogP contribution < -0.4 is 10.6 Å². The number of aliphatic imine (C=N–C) groups is 1. The number of nitrogens with one attached hydrogen (secondary N) is 2. The molecule has 1 spiro atoms. The van der Waals surface area contributed by atoms with Gasteiger partial charge in [0.15, 0.2) is 12.1 Å². The highest BCUT2D eigenvalue weighted by Crippen LogP contribution is 2.54. The number of amides is 2. The number of carbonyl (C=O) groups excluding carboxylic acids is 2. The Labute approximate surface area is 158 Å². The maximum Gasteiger partial charge on any atom is 0.254 e. The molecule has 138 valence electrons. The molecule has 2 N–H and O–H groups in total. The summed E-state index contributed by atoms with van der Waals surface area (Å²) in [5, 5.41) is 8.52. The molecule has 1 saturated carbocycles. The summed E-state index contributed by atoms with van der Waals surface area (Å²) in [6.45, 7) is 0.513. The van der Waals surface area contributed by atoms with E-state index < -0.39 is 12.1 Å². The monoisotopic (exact) mass is 384 g/mol. The van der Waals surface area contributed by atoms with Crippen molar-refractivity contribution in [1.82, 2.24) is 15.5 Å². The summed E-state index contributed by atoms with van der Waals surface area (Å²) in [7, 11) is 0. The molecule has 0 radical (unpaired) electrons. The van der Waals surface area contributed by atoms with E-state index in [1.165, 1.54) is 10.1 Å². The lowest BCUT2D eigenvalue weighted by atomic mass is 9.84. The molecule has 8 heteroatoms. The van der Waals surface area contributed by atoms with Crippen LogP contribution in [0, 0.1) is 0 Å². The van der Waals surface area contributed by atoms with Gasteiger partial charge in [-0.25, -0.2) is 9.38 Å². The van der Waals surface area contributed by atoms with Gasteiger partial charge < -0.3 is 15.5 Å². The van der Waals surface area contributed by atoms with E-state index in [9.17, 15) is 14.0 Å². The Bertz CT molecular complexity index is 1020. The third-order valence-corrected chi connectivity index (χ3v) is 6.27. The molecule has 2 amide bonds. The van der Waals surface area contributed by atoms with Gasteiger partial charge in [0.25, 0.3) is 5.91 Å². The standard InChI is InChI=1S/C19H17FN4O2S/c20-11-7-21-18(22-8-11)23-15(25)9-24-10-19(4-5-19)16-12-3-6-27-14(12)2-1-13(16)17(24)26/h1-3,6-8,18,21H,4-5,9-10H2,(H,23,25). The summed E-state index contributed by atoms with van der Waals surface area (Å²) in [4.78, 5) is 30.9. The average Bonchev–Trinajstić information content (AvgIpc) is 3.24. The normalized spacial score (nSPS) is 22.4. The van der Waals surface area contributed by atoms with Crippen LogP contribution in [-0.4, -0.2) is 42.3 Å². The van der Waals surface area contributed by atoms with Crippen molar-refractivity contribution < 1.29 is 14.0 Å². The Morgan fingerprint density at radius 2 is 2.26 bits per heavy atom. The highest BCUT2D eigenvalue weighted by atomic mass is 32.1. The Morgan fingerprint density at radius 3 is 3.00 bits per heavy atom. The molecule has 1 aromatic carbocycles. The smallest absolute Gasteiger partial charge is 0.254 e. The van der Waals surface area contributed by atoms with Crippen molar-refractivity contribution >= 4 is 39.5 Å². The zero-order valence-electron chi connectivity index (χ0n) is 14.4. The number of fused-ring (bicyclic) bond motifs is 4. The predicted octanol–water partition coefficient (Wildman–Crippen LogP) is 2.27. The number of nitrogens with zero attached hydrogens (tertiary/aromatic N) is 2. The number of benzene rings is 1. The van der Waals surface area contributed by atoms with Crippen LogP contribution in [0.25, 0.3) is 10.1 Å². The van der Waals surface area contributed by atoms with E-state index in [-0.39, 0.29) is 23.8 Å². The minimum Gasteiger partial charge on any atom is -0.350 e. The first-order valence-corrected chi connectivity index (χ1v) is 9.68. The molecule has 2 aliphatic heterocycles. The lowest BCUT2D eigenvalue weighted by Gasteiger charge is -2.35. The molecule has 0 saturated heterocycles. The summed E-state index contributed by atoms with van der Waals surface area (Å²) in [6, 6.07) is 5.97. The molecular formula is C19H17FN4O2S. The van der Waals surface area contributed by atoms with Crippen LogP contribution in [0.3, 0.4) is 0 Å². The van der Waals surface area contributed by atoms with Gasteiger partial charge in [-0.2, -0.15) is 0 Å². The lowest BCUT2D eigenvalue weighted by Crippen LogP contribution is -2.51. The zero-order chi connectivity index (χ0) is 18.6. The minimum atomic E-state index is -0.718. The maximum atomic E-state index is 13.0. The van der Waals surface area contributed by atoms with Crippen LogP contribution in [0.5, 0.6) is 0 Å². The van der Waals surface area contributed by atoms with Crippen molar-refractivity contribution in [3.05, 3.63) is 46.7 Å². The summed E-state index contributed by atoms with van der Waals surface area (Å²) in [5.74, 6) is -0.944. The van der Waals surface area contributed by atoms with Gasteiger partial charge in [0.2, 0.25) is 5.91 Å². The first-order chi connectivity index (χ1) is 13.1. The fourth-order valence-electron chi connectivity index (χ4n) is 4.00. The van der Waals surface area contributed by atoms with Crippen LogP contribution in [0.4, 0.5) is 4.39 Å². The minimum absolute atomic E-state index is 0.0305.